The summed E-state index contributed by atoms with van der Waals surface area (Å²) in [5.41, 5.74) is 0.929. The van der Waals surface area contributed by atoms with Gasteiger partial charge in [-0.15, -0.1) is 0 Å². The SMILES string of the molecule is CC(=O)S[C@H]1C[C@@H](C(O)CCNC(=O)OCc2ccc([N+](=O)[O-])cc2)N(C(=O)OCc2ccc([N+](=O)[O-])cc2)C1. The zero-order valence-electron chi connectivity index (χ0n) is 21.5. The molecule has 2 N–H and O–H groups in total. The van der Waals surface area contributed by atoms with Gasteiger partial charge in [0.15, 0.2) is 5.12 Å². The summed E-state index contributed by atoms with van der Waals surface area (Å²) in [6.45, 7) is 1.39. The molecule has 1 fully saturated rings. The average Bonchev–Trinajstić information content (AvgIpc) is 3.34. The third-order valence-corrected chi connectivity index (χ3v) is 7.06. The van der Waals surface area contributed by atoms with Gasteiger partial charge in [0, 0.05) is 49.5 Å². The smallest absolute Gasteiger partial charge is 0.410 e. The van der Waals surface area contributed by atoms with E-state index in [4.69, 9.17) is 9.47 Å². The highest BCUT2D eigenvalue weighted by molar-refractivity contribution is 8.14. The van der Waals surface area contributed by atoms with Crippen molar-refractivity contribution in [1.29, 1.82) is 0 Å². The van der Waals surface area contributed by atoms with E-state index in [2.05, 4.69) is 5.32 Å². The maximum Gasteiger partial charge on any atom is 0.410 e. The van der Waals surface area contributed by atoms with E-state index >= 15 is 0 Å². The van der Waals surface area contributed by atoms with Gasteiger partial charge < -0.3 is 24.8 Å². The number of aliphatic hydroxyl groups excluding tert-OH is 1. The predicted molar refractivity (Wildman–Crippen MR) is 142 cm³/mol. The number of aliphatic hydroxyl groups is 1. The Morgan fingerprint density at radius 3 is 2.02 bits per heavy atom. The number of carbonyl (C=O) groups is 3. The van der Waals surface area contributed by atoms with Crippen molar-refractivity contribution >= 4 is 40.4 Å². The molecule has 15 heteroatoms. The molecule has 0 aliphatic carbocycles. The van der Waals surface area contributed by atoms with E-state index in [9.17, 15) is 39.7 Å². The number of nitrogens with one attached hydrogen (secondary N) is 1. The number of non-ortho nitro benzene ring substituents is 2. The number of alkyl carbamates (subject to hydrolysis) is 1. The Kier molecular flexibility index (Phi) is 10.8. The number of carbonyl (C=O) groups excluding carboxylic acids is 3. The van der Waals surface area contributed by atoms with Gasteiger partial charge in [0.1, 0.15) is 13.2 Å². The first kappa shape index (κ1) is 30.3. The number of likely N-dealkylation sites (tertiary alicyclic amines) is 1. The minimum absolute atomic E-state index is 0.0347. The number of nitro groups is 2. The van der Waals surface area contributed by atoms with E-state index in [1.54, 1.807) is 0 Å². The Morgan fingerprint density at radius 2 is 1.52 bits per heavy atom. The maximum atomic E-state index is 12.9. The molecule has 2 aromatic carbocycles. The van der Waals surface area contributed by atoms with Crippen molar-refractivity contribution in [1.82, 2.24) is 10.2 Å². The van der Waals surface area contributed by atoms with Gasteiger partial charge in [-0.1, -0.05) is 11.8 Å². The van der Waals surface area contributed by atoms with Gasteiger partial charge in [-0.05, 0) is 48.2 Å². The summed E-state index contributed by atoms with van der Waals surface area (Å²) >= 11 is 1.07. The van der Waals surface area contributed by atoms with Crippen molar-refractivity contribution in [2.75, 3.05) is 13.1 Å². The lowest BCUT2D eigenvalue weighted by Crippen LogP contribution is -2.44. The van der Waals surface area contributed by atoms with Crippen LogP contribution in [0.25, 0.3) is 0 Å². The summed E-state index contributed by atoms with van der Waals surface area (Å²) in [7, 11) is 0. The Hall–Kier alpha value is -4.24. The monoisotopic (exact) mass is 576 g/mol. The highest BCUT2D eigenvalue weighted by Crippen LogP contribution is 2.31. The molecule has 14 nitrogen and oxygen atoms in total. The Morgan fingerprint density at radius 1 is 1.00 bits per heavy atom. The summed E-state index contributed by atoms with van der Waals surface area (Å²) in [4.78, 5) is 58.3. The molecule has 0 aromatic heterocycles. The Bertz CT molecular complexity index is 1230. The third kappa shape index (κ3) is 8.91. The normalized spacial score (nSPS) is 17.1. The second kappa shape index (κ2) is 14.2. The van der Waals surface area contributed by atoms with Crippen LogP contribution in [0.5, 0.6) is 0 Å². The largest absolute Gasteiger partial charge is 0.445 e. The number of ether oxygens (including phenoxy) is 2. The van der Waals surface area contributed by atoms with Crippen molar-refractivity contribution in [3.05, 3.63) is 79.9 Å². The fourth-order valence-electron chi connectivity index (χ4n) is 4.09. The van der Waals surface area contributed by atoms with E-state index in [0.29, 0.717) is 17.5 Å². The zero-order valence-corrected chi connectivity index (χ0v) is 22.3. The molecular formula is C25H28N4O10S. The lowest BCUT2D eigenvalue weighted by atomic mass is 10.1. The first-order valence-corrected chi connectivity index (χ1v) is 13.1. The van der Waals surface area contributed by atoms with Crippen LogP contribution in [0, 0.1) is 20.2 Å². The Balaban J connectivity index is 1.49. The Labute approximate surface area is 232 Å². The highest BCUT2D eigenvalue weighted by Gasteiger charge is 2.40. The third-order valence-electron chi connectivity index (χ3n) is 6.05. The van der Waals surface area contributed by atoms with E-state index in [-0.39, 0.29) is 54.5 Å². The van der Waals surface area contributed by atoms with Crippen LogP contribution in [0.1, 0.15) is 30.9 Å². The van der Waals surface area contributed by atoms with Crippen molar-refractivity contribution in [2.24, 2.45) is 0 Å². The first-order valence-electron chi connectivity index (χ1n) is 12.2. The number of nitrogens with zero attached hydrogens (tertiary/aromatic N) is 3. The summed E-state index contributed by atoms with van der Waals surface area (Å²) in [6, 6.07) is 10.4. The van der Waals surface area contributed by atoms with E-state index in [0.717, 1.165) is 11.8 Å². The number of rotatable bonds is 11. The molecule has 0 saturated carbocycles. The second-order valence-electron chi connectivity index (χ2n) is 8.95. The van der Waals surface area contributed by atoms with Crippen molar-refractivity contribution in [3.8, 4) is 0 Å². The van der Waals surface area contributed by atoms with Gasteiger partial charge in [0.2, 0.25) is 0 Å². The number of benzene rings is 2. The fourth-order valence-corrected chi connectivity index (χ4v) is 5.09. The molecule has 1 aliphatic rings. The molecule has 0 bridgehead atoms. The number of hydrogen-bond acceptors (Lipinski definition) is 11. The van der Waals surface area contributed by atoms with Crippen LogP contribution in [0.2, 0.25) is 0 Å². The van der Waals surface area contributed by atoms with Gasteiger partial charge in [-0.25, -0.2) is 9.59 Å². The van der Waals surface area contributed by atoms with Crippen molar-refractivity contribution < 1.29 is 38.8 Å². The lowest BCUT2D eigenvalue weighted by molar-refractivity contribution is -0.385. The predicted octanol–water partition coefficient (Wildman–Crippen LogP) is 3.54. The molecule has 1 unspecified atom stereocenters. The van der Waals surface area contributed by atoms with Crippen LogP contribution in [0.15, 0.2) is 48.5 Å². The molecule has 40 heavy (non-hydrogen) atoms. The molecule has 1 aliphatic heterocycles. The molecular weight excluding hydrogens is 548 g/mol. The van der Waals surface area contributed by atoms with Crippen LogP contribution in [-0.4, -0.2) is 67.6 Å². The lowest BCUT2D eigenvalue weighted by Gasteiger charge is -2.28. The van der Waals surface area contributed by atoms with E-state index in [1.807, 2.05) is 0 Å². The number of nitro benzene ring substituents is 2. The molecule has 2 amide bonds. The van der Waals surface area contributed by atoms with Crippen molar-refractivity contribution in [2.45, 2.75) is 50.4 Å². The molecule has 3 atom stereocenters. The number of amides is 2. The van der Waals surface area contributed by atoms with Crippen LogP contribution in [0.4, 0.5) is 21.0 Å². The molecule has 3 rings (SSSR count). The van der Waals surface area contributed by atoms with Crippen LogP contribution >= 0.6 is 11.8 Å². The summed E-state index contributed by atoms with van der Waals surface area (Å²) < 4.78 is 10.5. The van der Waals surface area contributed by atoms with Gasteiger partial charge in [0.05, 0.1) is 22.0 Å². The minimum atomic E-state index is -1.04. The van der Waals surface area contributed by atoms with E-state index < -0.39 is 34.2 Å². The minimum Gasteiger partial charge on any atom is -0.445 e. The second-order valence-corrected chi connectivity index (χ2v) is 10.4. The van der Waals surface area contributed by atoms with Gasteiger partial charge >= 0.3 is 12.2 Å². The molecule has 0 spiro atoms. The topological polar surface area (TPSA) is 191 Å². The fraction of sp³-hybridized carbons (Fsp3) is 0.400. The quantitative estimate of drug-likeness (QED) is 0.294. The number of thioether (sulfide) groups is 1. The van der Waals surface area contributed by atoms with E-state index in [1.165, 1.54) is 60.4 Å². The highest BCUT2D eigenvalue weighted by atomic mass is 32.2. The van der Waals surface area contributed by atoms with Crippen LogP contribution in [-0.2, 0) is 27.5 Å². The molecule has 0 radical (unpaired) electrons. The van der Waals surface area contributed by atoms with Crippen LogP contribution in [0.3, 0.4) is 0 Å². The van der Waals surface area contributed by atoms with Gasteiger partial charge in [-0.3, -0.25) is 25.0 Å². The molecule has 2 aromatic rings. The standard InChI is InChI=1S/C25H28N4O10S/c1-16(30)40-21-12-22(27(13-21)25(33)39-15-18-4-8-20(9-5-18)29(36)37)23(31)10-11-26-24(32)38-14-17-2-6-19(7-3-17)28(34)35/h2-9,21-23,31H,10-15H2,1H3,(H,26,32)/t21-,22-,23?/m0/s1. The first-order chi connectivity index (χ1) is 19.0. The van der Waals surface area contributed by atoms with Crippen LogP contribution < -0.4 is 5.32 Å². The summed E-state index contributed by atoms with van der Waals surface area (Å²) in [5.74, 6) is 0. The zero-order chi connectivity index (χ0) is 29.2. The average molecular weight is 577 g/mol. The maximum absolute atomic E-state index is 12.9. The molecule has 214 valence electrons. The molecule has 1 heterocycles. The summed E-state index contributed by atoms with van der Waals surface area (Å²) in [5, 5.41) is 34.5. The van der Waals surface area contributed by atoms with Crippen molar-refractivity contribution in [3.63, 3.8) is 0 Å². The molecule has 1 saturated heterocycles. The van der Waals surface area contributed by atoms with Gasteiger partial charge in [-0.2, -0.15) is 0 Å². The summed E-state index contributed by atoms with van der Waals surface area (Å²) in [6.07, 6.45) is -2.07. The number of hydrogen-bond donors (Lipinski definition) is 2. The van der Waals surface area contributed by atoms with Gasteiger partial charge in [0.25, 0.3) is 11.4 Å².